The number of nitrogen functional groups attached to an aromatic ring is 1. The van der Waals surface area contributed by atoms with Crippen molar-refractivity contribution in [1.29, 1.82) is 5.26 Å². The molecule has 0 radical (unpaired) electrons. The lowest BCUT2D eigenvalue weighted by Gasteiger charge is -2.27. The Morgan fingerprint density at radius 1 is 1.24 bits per heavy atom. The minimum atomic E-state index is -4.46. The number of hydrogen-bond donors (Lipinski definition) is 4. The van der Waals surface area contributed by atoms with Crippen LogP contribution < -0.4 is 15.3 Å². The normalized spacial score (nSPS) is 23.5. The molecule has 1 unspecified atom stereocenters. The molecule has 0 amide bonds. The van der Waals surface area contributed by atoms with Gasteiger partial charge in [0.25, 0.3) is 0 Å². The van der Waals surface area contributed by atoms with Crippen molar-refractivity contribution in [2.45, 2.75) is 56.3 Å². The number of carbonyl (C=O) groups is 1. The molecular weight excluding hydrogens is 619 g/mol. The van der Waals surface area contributed by atoms with Gasteiger partial charge in [0.15, 0.2) is 5.82 Å². The highest BCUT2D eigenvalue weighted by atomic mass is 31.2. The van der Waals surface area contributed by atoms with E-state index in [2.05, 4.69) is 15.2 Å². The smallest absolute Gasteiger partial charge is 0.459 e. The first-order valence-electron chi connectivity index (χ1n) is 14.3. The number of carbonyl (C=O) groups excluding carboxylic acids is 1. The summed E-state index contributed by atoms with van der Waals surface area (Å²) in [5.74, 6) is -0.447. The predicted molar refractivity (Wildman–Crippen MR) is 164 cm³/mol. The maximum Gasteiger partial charge on any atom is 0.459 e. The zero-order chi connectivity index (χ0) is 33.3. The molecule has 1 fully saturated rings. The zero-order valence-electron chi connectivity index (χ0n) is 25.6. The van der Waals surface area contributed by atoms with Crippen LogP contribution in [0.2, 0.25) is 0 Å². The predicted octanol–water partition coefficient (Wildman–Crippen LogP) is 2.45. The molecule has 244 valence electrons. The fraction of sp³-hybridized carbons (Fsp3) is 0.400. The summed E-state index contributed by atoms with van der Waals surface area (Å²) in [5.41, 5.74) is 3.48. The molecule has 0 spiro atoms. The van der Waals surface area contributed by atoms with Crippen LogP contribution in [0.1, 0.15) is 26.5 Å². The standard InChI is InChI=1S/C30H35N6O9P/c1-18(28(39)42-16-29(2,3)41-4)35-46(40,45-22-11-7-9-19-8-5-6-10-20(19)22)43-14-23-25(37)26(38)30(15-31,44-23)24-13-12-21-27(32)33-17-34-36(21)24/h5-13,17-18,23,25-26,37-38H,14,16H2,1-4H3,(H,35,40)(H2,32,33,34)/t18-,23+,25+,26+,30-,46?/m0/s1. The van der Waals surface area contributed by atoms with E-state index >= 15 is 0 Å². The average Bonchev–Trinajstić information content (AvgIpc) is 3.59. The Kier molecular flexibility index (Phi) is 9.35. The minimum Gasteiger partial charge on any atom is -0.461 e. The largest absolute Gasteiger partial charge is 0.461 e. The van der Waals surface area contributed by atoms with Crippen LogP contribution >= 0.6 is 7.75 Å². The van der Waals surface area contributed by atoms with Crippen molar-refractivity contribution in [3.05, 3.63) is 66.6 Å². The monoisotopic (exact) mass is 654 g/mol. The lowest BCUT2D eigenvalue weighted by Crippen LogP contribution is -2.41. The van der Waals surface area contributed by atoms with Crippen molar-refractivity contribution in [2.75, 3.05) is 26.1 Å². The second-order valence-corrected chi connectivity index (χ2v) is 13.1. The number of benzene rings is 2. The van der Waals surface area contributed by atoms with E-state index in [-0.39, 0.29) is 23.9 Å². The first-order valence-corrected chi connectivity index (χ1v) is 15.8. The quantitative estimate of drug-likeness (QED) is 0.128. The van der Waals surface area contributed by atoms with Gasteiger partial charge < -0.3 is 34.7 Å². The molecule has 2 aromatic carbocycles. The van der Waals surface area contributed by atoms with E-state index in [1.54, 1.807) is 44.2 Å². The van der Waals surface area contributed by atoms with Gasteiger partial charge in [0.1, 0.15) is 54.6 Å². The molecule has 16 heteroatoms. The minimum absolute atomic E-state index is 0.0785. The molecule has 1 aliphatic heterocycles. The molecule has 15 nitrogen and oxygen atoms in total. The van der Waals surface area contributed by atoms with Gasteiger partial charge in [-0.05, 0) is 44.4 Å². The van der Waals surface area contributed by atoms with Crippen LogP contribution in [0.25, 0.3) is 16.3 Å². The number of methoxy groups -OCH3 is 1. The number of aromatic nitrogens is 3. The molecule has 3 heterocycles. The van der Waals surface area contributed by atoms with Gasteiger partial charge >= 0.3 is 13.7 Å². The molecule has 46 heavy (non-hydrogen) atoms. The van der Waals surface area contributed by atoms with Gasteiger partial charge in [-0.2, -0.15) is 15.4 Å². The summed E-state index contributed by atoms with van der Waals surface area (Å²) >= 11 is 0. The van der Waals surface area contributed by atoms with Gasteiger partial charge in [-0.15, -0.1) is 0 Å². The average molecular weight is 655 g/mol. The highest BCUT2D eigenvalue weighted by Crippen LogP contribution is 2.48. The van der Waals surface area contributed by atoms with Crippen LogP contribution in [0, 0.1) is 11.3 Å². The third kappa shape index (κ3) is 6.42. The van der Waals surface area contributed by atoms with E-state index < -0.39 is 55.9 Å². The van der Waals surface area contributed by atoms with Crippen molar-refractivity contribution < 1.29 is 42.8 Å². The van der Waals surface area contributed by atoms with Gasteiger partial charge in [-0.3, -0.25) is 9.32 Å². The highest BCUT2D eigenvalue weighted by Gasteiger charge is 2.58. The molecule has 1 aliphatic rings. The van der Waals surface area contributed by atoms with Crippen LogP contribution in [-0.2, 0) is 33.7 Å². The number of anilines is 1. The lowest BCUT2D eigenvalue weighted by molar-refractivity contribution is -0.153. The third-order valence-electron chi connectivity index (χ3n) is 7.68. The lowest BCUT2D eigenvalue weighted by atomic mass is 9.92. The van der Waals surface area contributed by atoms with Crippen molar-refractivity contribution in [2.24, 2.45) is 0 Å². The van der Waals surface area contributed by atoms with Crippen molar-refractivity contribution >= 4 is 35.8 Å². The summed E-state index contributed by atoms with van der Waals surface area (Å²) < 4.78 is 43.9. The van der Waals surface area contributed by atoms with Crippen LogP contribution in [0.5, 0.6) is 5.75 Å². The number of nitrogens with two attached hydrogens (primary N) is 1. The fourth-order valence-corrected chi connectivity index (χ4v) is 6.46. The Hall–Kier alpha value is -4.13. The Morgan fingerprint density at radius 2 is 1.98 bits per heavy atom. The van der Waals surface area contributed by atoms with Crippen LogP contribution in [-0.4, -0.2) is 81.1 Å². The molecule has 0 aliphatic carbocycles. The number of fused-ring (bicyclic) bond motifs is 2. The number of nitrogens with one attached hydrogen (secondary N) is 1. The number of nitriles is 1. The number of esters is 1. The third-order valence-corrected chi connectivity index (χ3v) is 9.31. The van der Waals surface area contributed by atoms with Crippen molar-refractivity contribution in [3.8, 4) is 11.8 Å². The summed E-state index contributed by atoms with van der Waals surface area (Å²) in [4.78, 5) is 16.8. The first-order chi connectivity index (χ1) is 21.8. The van der Waals surface area contributed by atoms with E-state index in [1.165, 1.54) is 30.9 Å². The van der Waals surface area contributed by atoms with Gasteiger partial charge in [0, 0.05) is 12.5 Å². The highest BCUT2D eigenvalue weighted by molar-refractivity contribution is 7.52. The summed E-state index contributed by atoms with van der Waals surface area (Å²) in [7, 11) is -2.98. The topological polar surface area (TPSA) is 213 Å². The van der Waals surface area contributed by atoms with Gasteiger partial charge in [-0.1, -0.05) is 36.4 Å². The van der Waals surface area contributed by atoms with E-state index in [0.29, 0.717) is 10.9 Å². The second kappa shape index (κ2) is 12.9. The molecule has 6 atom stereocenters. The fourth-order valence-electron chi connectivity index (χ4n) is 4.94. The Labute approximate surface area is 264 Å². The number of ether oxygens (including phenoxy) is 3. The molecule has 4 aromatic rings. The van der Waals surface area contributed by atoms with Gasteiger partial charge in [0.2, 0.25) is 5.60 Å². The molecule has 5 N–H and O–H groups in total. The van der Waals surface area contributed by atoms with E-state index in [4.69, 9.17) is 29.0 Å². The molecular formula is C30H35N6O9P. The van der Waals surface area contributed by atoms with E-state index in [0.717, 1.165) is 5.39 Å². The number of rotatable bonds is 12. The number of nitrogens with zero attached hydrogens (tertiary/aromatic N) is 4. The summed E-state index contributed by atoms with van der Waals surface area (Å²) in [6, 6.07) is 16.1. The van der Waals surface area contributed by atoms with Gasteiger partial charge in [-0.25, -0.2) is 14.1 Å². The Balaban J connectivity index is 1.41. The van der Waals surface area contributed by atoms with E-state index in [1.807, 2.05) is 24.3 Å². The number of aliphatic hydroxyl groups is 2. The van der Waals surface area contributed by atoms with E-state index in [9.17, 15) is 24.8 Å². The molecule has 0 saturated carbocycles. The Bertz CT molecular complexity index is 1820. The maximum absolute atomic E-state index is 14.3. The number of hydrogen-bond acceptors (Lipinski definition) is 13. The van der Waals surface area contributed by atoms with Gasteiger partial charge in [0.05, 0.1) is 17.9 Å². The van der Waals surface area contributed by atoms with Crippen LogP contribution in [0.4, 0.5) is 5.82 Å². The molecule has 0 bridgehead atoms. The number of aliphatic hydroxyl groups excluding tert-OH is 2. The van der Waals surface area contributed by atoms with Crippen molar-refractivity contribution in [3.63, 3.8) is 0 Å². The molecule has 5 rings (SSSR count). The SMILES string of the molecule is COC(C)(C)COC(=O)[C@H](C)NP(=O)(OC[C@H]1O[C@@](C#N)(c2ccc3c(N)ncnn23)[C@H](O)[C@@H]1O)Oc1cccc2ccccc12. The zero-order valence-corrected chi connectivity index (χ0v) is 26.5. The van der Waals surface area contributed by atoms with Crippen molar-refractivity contribution in [1.82, 2.24) is 19.7 Å². The molecule has 1 saturated heterocycles. The first kappa shape index (κ1) is 33.2. The summed E-state index contributed by atoms with van der Waals surface area (Å²) in [6.07, 6.45) is -3.65. The Morgan fingerprint density at radius 3 is 2.72 bits per heavy atom. The van der Waals surface area contributed by atoms with Crippen LogP contribution in [0.15, 0.2) is 60.9 Å². The summed E-state index contributed by atoms with van der Waals surface area (Å²) in [6.45, 7) is 4.18. The summed E-state index contributed by atoms with van der Waals surface area (Å²) in [5, 5.41) is 40.4. The second-order valence-electron chi connectivity index (χ2n) is 11.4. The molecule has 2 aromatic heterocycles. The van der Waals surface area contributed by atoms with Crippen LogP contribution in [0.3, 0.4) is 0 Å². The maximum atomic E-state index is 14.3.